The molecule has 0 radical (unpaired) electrons. The highest BCUT2D eigenvalue weighted by Gasteiger charge is 2.29. The summed E-state index contributed by atoms with van der Waals surface area (Å²) in [6, 6.07) is 9.45. The lowest BCUT2D eigenvalue weighted by molar-refractivity contribution is -0.384. The maximum Gasteiger partial charge on any atom is 0.337 e. The molecular formula is C19H18N4O5. The molecule has 9 nitrogen and oxygen atoms in total. The molecule has 0 aromatic heterocycles. The zero-order valence-corrected chi connectivity index (χ0v) is 15.3. The van der Waals surface area contributed by atoms with Gasteiger partial charge in [-0.1, -0.05) is 0 Å². The molecule has 144 valence electrons. The Bertz CT molecular complexity index is 987. The number of nitro benzene ring substituents is 1. The van der Waals surface area contributed by atoms with E-state index in [9.17, 15) is 14.9 Å². The Labute approximate surface area is 160 Å². The molecule has 1 unspecified atom stereocenters. The zero-order chi connectivity index (χ0) is 19.8. The average molecular weight is 382 g/mol. The van der Waals surface area contributed by atoms with Crippen molar-refractivity contribution in [2.24, 2.45) is 5.10 Å². The fourth-order valence-electron chi connectivity index (χ4n) is 3.38. The summed E-state index contributed by atoms with van der Waals surface area (Å²) >= 11 is 0. The van der Waals surface area contributed by atoms with E-state index in [-0.39, 0.29) is 17.8 Å². The Morgan fingerprint density at radius 2 is 2.04 bits per heavy atom. The van der Waals surface area contributed by atoms with E-state index < -0.39 is 4.92 Å². The van der Waals surface area contributed by atoms with Gasteiger partial charge in [-0.15, -0.1) is 0 Å². The highest BCUT2D eigenvalue weighted by atomic mass is 17.2. The number of nitrogens with one attached hydrogen (secondary N) is 1. The molecule has 2 aliphatic rings. The number of rotatable bonds is 2. The van der Waals surface area contributed by atoms with Crippen molar-refractivity contribution in [3.8, 4) is 5.75 Å². The van der Waals surface area contributed by atoms with E-state index in [1.54, 1.807) is 19.2 Å². The molecule has 2 heterocycles. The molecule has 2 aromatic carbocycles. The first-order chi connectivity index (χ1) is 13.5. The summed E-state index contributed by atoms with van der Waals surface area (Å²) in [6.45, 7) is 2.23. The van der Waals surface area contributed by atoms with E-state index in [2.05, 4.69) is 10.4 Å². The van der Waals surface area contributed by atoms with Crippen LogP contribution in [-0.2, 0) is 17.9 Å². The number of nitrogens with zero attached hydrogens (tertiary/aromatic N) is 3. The second-order valence-electron chi connectivity index (χ2n) is 6.67. The van der Waals surface area contributed by atoms with Crippen molar-refractivity contribution in [3.63, 3.8) is 0 Å². The standard InChI is InChI=1S/C19H18N4O5/c1-11-7-13-9-17-14(10-27-28-17)8-16(13)18(21-22(11)19(24)20-2)12-3-5-15(6-4-12)23(25)26/h3-6,8-9,11H,7,10H2,1-2H3,(H,20,24). The topological polar surface area (TPSA) is 106 Å². The smallest absolute Gasteiger partial charge is 0.337 e. The SMILES string of the molecule is CNC(=O)N1N=C(c2ccc([N+](=O)[O-])cc2)c2cc3c(cc2CC1C)OOC3. The third-order valence-corrected chi connectivity index (χ3v) is 4.82. The van der Waals surface area contributed by atoms with Crippen LogP contribution in [0.4, 0.5) is 10.5 Å². The summed E-state index contributed by atoms with van der Waals surface area (Å²) in [5.74, 6) is 0.655. The highest BCUT2D eigenvalue weighted by molar-refractivity contribution is 6.14. The molecule has 2 aromatic rings. The monoisotopic (exact) mass is 382 g/mol. The van der Waals surface area contributed by atoms with E-state index in [4.69, 9.17) is 9.78 Å². The molecule has 9 heteroatoms. The second-order valence-corrected chi connectivity index (χ2v) is 6.67. The molecule has 2 amide bonds. The van der Waals surface area contributed by atoms with Gasteiger partial charge in [0.2, 0.25) is 0 Å². The fraction of sp³-hybridized carbons (Fsp3) is 0.263. The first-order valence-corrected chi connectivity index (χ1v) is 8.78. The van der Waals surface area contributed by atoms with Crippen molar-refractivity contribution in [2.75, 3.05) is 7.05 Å². The summed E-state index contributed by atoms with van der Waals surface area (Å²) in [6.07, 6.45) is 0.569. The zero-order valence-electron chi connectivity index (χ0n) is 15.3. The minimum atomic E-state index is -0.451. The van der Waals surface area contributed by atoms with E-state index in [1.807, 2.05) is 19.1 Å². The number of hydrogen-bond acceptors (Lipinski definition) is 6. The van der Waals surface area contributed by atoms with Gasteiger partial charge in [-0.05, 0) is 43.2 Å². The Morgan fingerprint density at radius 3 is 2.71 bits per heavy atom. The van der Waals surface area contributed by atoms with Crippen LogP contribution in [0.3, 0.4) is 0 Å². The predicted octanol–water partition coefficient (Wildman–Crippen LogP) is 2.76. The fourth-order valence-corrected chi connectivity index (χ4v) is 3.38. The molecule has 1 atom stereocenters. The van der Waals surface area contributed by atoms with Crippen LogP contribution in [0.1, 0.15) is 29.2 Å². The van der Waals surface area contributed by atoms with Gasteiger partial charge in [-0.2, -0.15) is 9.99 Å². The van der Waals surface area contributed by atoms with Crippen LogP contribution in [0.15, 0.2) is 41.5 Å². The quantitative estimate of drug-likeness (QED) is 0.488. The van der Waals surface area contributed by atoms with Crippen LogP contribution >= 0.6 is 0 Å². The maximum atomic E-state index is 12.4. The third-order valence-electron chi connectivity index (χ3n) is 4.82. The summed E-state index contributed by atoms with van der Waals surface area (Å²) in [5.41, 5.74) is 3.92. The van der Waals surface area contributed by atoms with Crippen molar-refractivity contribution >= 4 is 17.4 Å². The largest absolute Gasteiger partial charge is 0.340 e. The summed E-state index contributed by atoms with van der Waals surface area (Å²) < 4.78 is 0. The number of carbonyl (C=O) groups is 1. The van der Waals surface area contributed by atoms with Crippen molar-refractivity contribution in [2.45, 2.75) is 26.0 Å². The van der Waals surface area contributed by atoms with Crippen molar-refractivity contribution < 1.29 is 19.5 Å². The minimum absolute atomic E-state index is 0.00882. The molecule has 0 bridgehead atoms. The molecule has 28 heavy (non-hydrogen) atoms. The number of amides is 2. The molecule has 0 saturated carbocycles. The normalized spacial score (nSPS) is 17.7. The highest BCUT2D eigenvalue weighted by Crippen LogP contribution is 2.33. The van der Waals surface area contributed by atoms with Gasteiger partial charge in [0, 0.05) is 35.9 Å². The van der Waals surface area contributed by atoms with Crippen LogP contribution in [0.5, 0.6) is 5.75 Å². The summed E-state index contributed by atoms with van der Waals surface area (Å²) in [5, 5.41) is 19.6. The number of urea groups is 1. The summed E-state index contributed by atoms with van der Waals surface area (Å²) in [4.78, 5) is 33.2. The van der Waals surface area contributed by atoms with Gasteiger partial charge in [-0.3, -0.25) is 10.1 Å². The van der Waals surface area contributed by atoms with Crippen LogP contribution in [0.2, 0.25) is 0 Å². The van der Waals surface area contributed by atoms with Gasteiger partial charge >= 0.3 is 6.03 Å². The number of fused-ring (bicyclic) bond motifs is 2. The summed E-state index contributed by atoms with van der Waals surface area (Å²) in [7, 11) is 1.55. The van der Waals surface area contributed by atoms with E-state index in [0.717, 1.165) is 16.7 Å². The molecule has 2 aliphatic heterocycles. The Hall–Kier alpha value is -3.46. The maximum absolute atomic E-state index is 12.4. The van der Waals surface area contributed by atoms with Gasteiger partial charge in [0.25, 0.3) is 5.69 Å². The number of non-ortho nitro benzene ring substituents is 1. The van der Waals surface area contributed by atoms with Crippen molar-refractivity contribution in [3.05, 3.63) is 68.8 Å². The predicted molar refractivity (Wildman–Crippen MR) is 100 cm³/mol. The van der Waals surface area contributed by atoms with Crippen LogP contribution in [0.25, 0.3) is 0 Å². The Kier molecular flexibility index (Phi) is 4.44. The molecule has 1 N–H and O–H groups in total. The van der Waals surface area contributed by atoms with Gasteiger partial charge < -0.3 is 10.2 Å². The molecule has 4 rings (SSSR count). The van der Waals surface area contributed by atoms with Crippen LogP contribution in [-0.4, -0.2) is 34.8 Å². The number of nitro groups is 1. The van der Waals surface area contributed by atoms with E-state index >= 15 is 0 Å². The van der Waals surface area contributed by atoms with Crippen molar-refractivity contribution in [1.82, 2.24) is 10.3 Å². The van der Waals surface area contributed by atoms with Crippen LogP contribution < -0.4 is 10.2 Å². The van der Waals surface area contributed by atoms with Gasteiger partial charge in [0.15, 0.2) is 5.75 Å². The first kappa shape index (κ1) is 17.9. The van der Waals surface area contributed by atoms with Gasteiger partial charge in [-0.25, -0.2) is 9.80 Å². The average Bonchev–Trinajstić information content (AvgIpc) is 3.09. The second kappa shape index (κ2) is 6.93. The first-order valence-electron chi connectivity index (χ1n) is 8.78. The number of hydrazone groups is 1. The lowest BCUT2D eigenvalue weighted by Gasteiger charge is -2.22. The molecule has 0 saturated heterocycles. The minimum Gasteiger partial charge on any atom is -0.340 e. The third kappa shape index (κ3) is 3.05. The molecule has 0 spiro atoms. The Balaban J connectivity index is 1.88. The number of hydrogen-bond donors (Lipinski definition) is 1. The van der Waals surface area contributed by atoms with Crippen molar-refractivity contribution in [1.29, 1.82) is 0 Å². The Morgan fingerprint density at radius 1 is 1.29 bits per heavy atom. The number of carbonyl (C=O) groups excluding carboxylic acids is 1. The number of benzene rings is 2. The lowest BCUT2D eigenvalue weighted by atomic mass is 9.92. The molecule has 0 aliphatic carbocycles. The molecule has 0 fully saturated rings. The van der Waals surface area contributed by atoms with Gasteiger partial charge in [0.1, 0.15) is 6.61 Å². The molecular weight excluding hydrogens is 364 g/mol. The van der Waals surface area contributed by atoms with Gasteiger partial charge in [0.05, 0.1) is 16.7 Å². The van der Waals surface area contributed by atoms with E-state index in [0.29, 0.717) is 30.1 Å². The van der Waals surface area contributed by atoms with Crippen LogP contribution in [0, 0.1) is 10.1 Å². The van der Waals surface area contributed by atoms with E-state index in [1.165, 1.54) is 17.1 Å². The lowest BCUT2D eigenvalue weighted by Crippen LogP contribution is -2.41.